The lowest BCUT2D eigenvalue weighted by atomic mass is 9.99. The molecule has 0 rings (SSSR count). The maximum atomic E-state index is 12.5. The first-order chi connectivity index (χ1) is 30.6. The molecule has 368 valence electrons. The molecule has 0 aromatic heterocycles. The Bertz CT molecular complexity index is 920. The van der Waals surface area contributed by atoms with Gasteiger partial charge in [-0.15, -0.1) is 0 Å². The summed E-state index contributed by atoms with van der Waals surface area (Å²) in [6.07, 6.45) is 66.2. The van der Waals surface area contributed by atoms with Crippen molar-refractivity contribution in [3.63, 3.8) is 0 Å². The topological polar surface area (TPSA) is 89.8 Å². The Balaban J connectivity index is 3.51. The van der Waals surface area contributed by atoms with Crippen molar-refractivity contribution in [3.05, 3.63) is 24.3 Å². The van der Waals surface area contributed by atoms with E-state index in [0.717, 1.165) is 44.9 Å². The minimum atomic E-state index is -1.13. The molecule has 3 unspecified atom stereocenters. The van der Waals surface area contributed by atoms with Gasteiger partial charge in [-0.3, -0.25) is 4.79 Å². The van der Waals surface area contributed by atoms with Gasteiger partial charge in [-0.05, 0) is 44.9 Å². The van der Waals surface area contributed by atoms with Gasteiger partial charge in [0, 0.05) is 6.42 Å². The number of unbranched alkanes of at least 4 members (excludes halogenated alkanes) is 40. The van der Waals surface area contributed by atoms with E-state index in [1.807, 2.05) is 0 Å². The van der Waals surface area contributed by atoms with E-state index < -0.39 is 18.2 Å². The van der Waals surface area contributed by atoms with Crippen LogP contribution in [0.15, 0.2) is 24.3 Å². The smallest absolute Gasteiger partial charge is 0.220 e. The van der Waals surface area contributed by atoms with Gasteiger partial charge >= 0.3 is 0 Å². The maximum absolute atomic E-state index is 12.5. The molecule has 0 aromatic rings. The quantitative estimate of drug-likeness (QED) is 0.0362. The molecule has 0 bridgehead atoms. The molecule has 0 heterocycles. The van der Waals surface area contributed by atoms with Crippen molar-refractivity contribution in [2.45, 2.75) is 327 Å². The minimum Gasteiger partial charge on any atom is -0.394 e. The van der Waals surface area contributed by atoms with Crippen molar-refractivity contribution < 1.29 is 20.1 Å². The summed E-state index contributed by atoms with van der Waals surface area (Å²) in [5, 5.41) is 33.7. The third kappa shape index (κ3) is 46.8. The first-order valence-corrected chi connectivity index (χ1v) is 28.1. The lowest BCUT2D eigenvalue weighted by molar-refractivity contribution is -0.124. The first kappa shape index (κ1) is 60.8. The molecular formula is C57H111NO4. The van der Waals surface area contributed by atoms with E-state index in [2.05, 4.69) is 43.5 Å². The Morgan fingerprint density at radius 2 is 0.694 bits per heavy atom. The van der Waals surface area contributed by atoms with E-state index in [0.29, 0.717) is 12.8 Å². The predicted octanol–water partition coefficient (Wildman–Crippen LogP) is 17.3. The molecule has 0 aromatic carbocycles. The predicted molar refractivity (Wildman–Crippen MR) is 273 cm³/mol. The van der Waals surface area contributed by atoms with Gasteiger partial charge in [0.1, 0.15) is 6.10 Å². The highest BCUT2D eigenvalue weighted by Crippen LogP contribution is 2.18. The number of aliphatic hydroxyl groups is 3. The number of amides is 1. The van der Waals surface area contributed by atoms with Crippen molar-refractivity contribution in [1.82, 2.24) is 5.32 Å². The van der Waals surface area contributed by atoms with Gasteiger partial charge in [-0.1, -0.05) is 282 Å². The van der Waals surface area contributed by atoms with E-state index in [9.17, 15) is 20.1 Å². The van der Waals surface area contributed by atoms with Crippen LogP contribution in [0, 0.1) is 0 Å². The lowest BCUT2D eigenvalue weighted by Crippen LogP contribution is -2.50. The summed E-state index contributed by atoms with van der Waals surface area (Å²) in [7, 11) is 0. The zero-order valence-electron chi connectivity index (χ0n) is 42.0. The number of allylic oxidation sites excluding steroid dienone is 4. The summed E-state index contributed by atoms with van der Waals surface area (Å²) in [5.74, 6) is -0.140. The van der Waals surface area contributed by atoms with E-state index in [1.54, 1.807) is 0 Å². The Hall–Kier alpha value is -1.17. The summed E-state index contributed by atoms with van der Waals surface area (Å²) < 4.78 is 0. The molecule has 0 aliphatic rings. The molecule has 0 aliphatic carbocycles. The molecule has 0 radical (unpaired) electrons. The fourth-order valence-corrected chi connectivity index (χ4v) is 8.96. The highest BCUT2D eigenvalue weighted by atomic mass is 16.3. The van der Waals surface area contributed by atoms with Crippen LogP contribution in [0.5, 0.6) is 0 Å². The highest BCUT2D eigenvalue weighted by Gasteiger charge is 2.26. The molecule has 62 heavy (non-hydrogen) atoms. The third-order valence-electron chi connectivity index (χ3n) is 13.3. The molecule has 0 saturated carbocycles. The largest absolute Gasteiger partial charge is 0.394 e. The van der Waals surface area contributed by atoms with Gasteiger partial charge in [0.2, 0.25) is 5.91 Å². The molecule has 0 spiro atoms. The normalized spacial score (nSPS) is 13.4. The van der Waals surface area contributed by atoms with Crippen molar-refractivity contribution in [1.29, 1.82) is 0 Å². The van der Waals surface area contributed by atoms with Gasteiger partial charge < -0.3 is 20.6 Å². The van der Waals surface area contributed by atoms with Crippen LogP contribution < -0.4 is 5.32 Å². The Labute approximate surface area is 388 Å². The van der Waals surface area contributed by atoms with Crippen molar-refractivity contribution in [2.75, 3.05) is 6.61 Å². The van der Waals surface area contributed by atoms with Crippen LogP contribution in [-0.4, -0.2) is 46.1 Å². The molecule has 3 atom stereocenters. The molecule has 0 saturated heterocycles. The van der Waals surface area contributed by atoms with Crippen molar-refractivity contribution in [2.24, 2.45) is 0 Å². The van der Waals surface area contributed by atoms with Crippen LogP contribution in [0.2, 0.25) is 0 Å². The van der Waals surface area contributed by atoms with Crippen LogP contribution in [0.4, 0.5) is 0 Å². The SMILES string of the molecule is CCCCCCCCCCC/C=C\C/C=C\CCCCCCCCCCCCCCCCCC(=O)NC(CO)C(O)C(O)CCCCCCCCCCCCCCCCCCC. The number of hydrogen-bond donors (Lipinski definition) is 4. The van der Waals surface area contributed by atoms with E-state index in [-0.39, 0.29) is 12.5 Å². The Kier molecular flexibility index (Phi) is 51.5. The van der Waals surface area contributed by atoms with E-state index in [4.69, 9.17) is 0 Å². The number of carbonyl (C=O) groups is 1. The lowest BCUT2D eigenvalue weighted by Gasteiger charge is -2.26. The summed E-state index contributed by atoms with van der Waals surface area (Å²) in [4.78, 5) is 12.5. The van der Waals surface area contributed by atoms with Gasteiger partial charge in [-0.2, -0.15) is 0 Å². The zero-order valence-corrected chi connectivity index (χ0v) is 42.0. The number of aliphatic hydroxyl groups excluding tert-OH is 3. The number of nitrogens with one attached hydrogen (secondary N) is 1. The van der Waals surface area contributed by atoms with Gasteiger partial charge in [0.25, 0.3) is 0 Å². The number of hydrogen-bond acceptors (Lipinski definition) is 4. The van der Waals surface area contributed by atoms with Crippen molar-refractivity contribution >= 4 is 5.91 Å². The second kappa shape index (κ2) is 52.5. The van der Waals surface area contributed by atoms with Gasteiger partial charge in [0.05, 0.1) is 18.8 Å². The van der Waals surface area contributed by atoms with E-state index >= 15 is 0 Å². The summed E-state index contributed by atoms with van der Waals surface area (Å²) >= 11 is 0. The molecule has 4 N–H and O–H groups in total. The summed E-state index contributed by atoms with van der Waals surface area (Å²) in [6, 6.07) is -0.808. The average Bonchev–Trinajstić information content (AvgIpc) is 3.28. The van der Waals surface area contributed by atoms with Crippen LogP contribution >= 0.6 is 0 Å². The van der Waals surface area contributed by atoms with Crippen LogP contribution in [0.1, 0.15) is 309 Å². The molecule has 0 aliphatic heterocycles. The van der Waals surface area contributed by atoms with Gasteiger partial charge in [-0.25, -0.2) is 0 Å². The van der Waals surface area contributed by atoms with Crippen LogP contribution in [0.3, 0.4) is 0 Å². The first-order valence-electron chi connectivity index (χ1n) is 28.1. The van der Waals surface area contributed by atoms with Gasteiger partial charge in [0.15, 0.2) is 0 Å². The van der Waals surface area contributed by atoms with Crippen LogP contribution in [-0.2, 0) is 4.79 Å². The van der Waals surface area contributed by atoms with Crippen molar-refractivity contribution in [3.8, 4) is 0 Å². The molecule has 5 nitrogen and oxygen atoms in total. The monoisotopic (exact) mass is 874 g/mol. The standard InChI is InChI=1S/C57H111NO4/c1-3-5-7-9-11-13-15-17-19-21-22-23-24-25-26-27-28-29-30-31-32-33-34-36-38-40-42-44-46-48-50-52-56(61)58-54(53-59)57(62)55(60)51-49-47-45-43-41-39-37-35-20-18-16-14-12-10-8-6-4-2/h22-23,25-26,54-55,57,59-60,62H,3-21,24,27-53H2,1-2H3,(H,58,61)/b23-22-,26-25-. The van der Waals surface area contributed by atoms with E-state index in [1.165, 1.54) is 238 Å². The second-order valence-electron chi connectivity index (χ2n) is 19.5. The fourth-order valence-electron chi connectivity index (χ4n) is 8.96. The molecule has 5 heteroatoms. The molecule has 0 fully saturated rings. The number of carbonyl (C=O) groups excluding carboxylic acids is 1. The molecule has 1 amide bonds. The summed E-state index contributed by atoms with van der Waals surface area (Å²) in [6.45, 7) is 4.21. The van der Waals surface area contributed by atoms with Crippen LogP contribution in [0.25, 0.3) is 0 Å². The highest BCUT2D eigenvalue weighted by molar-refractivity contribution is 5.76. The average molecular weight is 875 g/mol. The number of rotatable bonds is 52. The minimum absolute atomic E-state index is 0.140. The second-order valence-corrected chi connectivity index (χ2v) is 19.5. The summed E-state index contributed by atoms with van der Waals surface area (Å²) in [5.41, 5.74) is 0. The zero-order chi connectivity index (χ0) is 45.1. The molecular weight excluding hydrogens is 763 g/mol. The fraction of sp³-hybridized carbons (Fsp3) is 0.912. The third-order valence-corrected chi connectivity index (χ3v) is 13.3. The Morgan fingerprint density at radius 3 is 1.02 bits per heavy atom. The maximum Gasteiger partial charge on any atom is 0.220 e. The Morgan fingerprint density at radius 1 is 0.403 bits per heavy atom.